The molecule has 1 unspecified atom stereocenters. The van der Waals surface area contributed by atoms with E-state index in [0.717, 1.165) is 56.0 Å². The Hall–Kier alpha value is -1.34. The normalized spacial score (nSPS) is 24.9. The van der Waals surface area contributed by atoms with E-state index in [1.807, 2.05) is 6.20 Å². The Kier molecular flexibility index (Phi) is 6.64. The highest BCUT2D eigenvalue weighted by Crippen LogP contribution is 2.37. The van der Waals surface area contributed by atoms with Gasteiger partial charge in [0.25, 0.3) is 5.91 Å². The molecule has 0 aromatic carbocycles. The second kappa shape index (κ2) is 9.21. The van der Waals surface area contributed by atoms with E-state index in [4.69, 9.17) is 21.1 Å². The molecule has 6 nitrogen and oxygen atoms in total. The molecule has 1 saturated heterocycles. The van der Waals surface area contributed by atoms with Crippen LogP contribution in [0.15, 0.2) is 12.3 Å². The predicted octanol–water partition coefficient (Wildman–Crippen LogP) is 2.73. The number of fused-ring (bicyclic) bond motifs is 1. The van der Waals surface area contributed by atoms with E-state index >= 15 is 0 Å². The lowest BCUT2D eigenvalue weighted by atomic mass is 9.88. The molecule has 1 saturated carbocycles. The minimum absolute atomic E-state index is 0.131. The summed E-state index contributed by atoms with van der Waals surface area (Å²) in [6, 6.07) is 0.487. The van der Waals surface area contributed by atoms with Crippen LogP contribution in [0.25, 0.3) is 6.08 Å². The zero-order chi connectivity index (χ0) is 20.4. The Balaban J connectivity index is 1.49. The molecular formula is C22H32ClN3O3. The van der Waals surface area contributed by atoms with Crippen molar-refractivity contribution in [2.45, 2.75) is 57.3 Å². The largest absolute Gasteiger partial charge is 0.385 e. The number of aromatic nitrogens is 1. The van der Waals surface area contributed by atoms with E-state index in [1.165, 1.54) is 5.69 Å². The molecule has 1 aliphatic heterocycles. The number of carbonyl (C=O) groups is 1. The van der Waals surface area contributed by atoms with Crippen LogP contribution in [0.1, 0.15) is 37.4 Å². The van der Waals surface area contributed by atoms with Gasteiger partial charge in [0.1, 0.15) is 6.10 Å². The van der Waals surface area contributed by atoms with Crippen molar-refractivity contribution in [3.05, 3.63) is 28.6 Å². The fourth-order valence-electron chi connectivity index (χ4n) is 4.56. The van der Waals surface area contributed by atoms with E-state index in [0.29, 0.717) is 19.2 Å². The Morgan fingerprint density at radius 2 is 2.31 bits per heavy atom. The molecule has 1 amide bonds. The van der Waals surface area contributed by atoms with Crippen LogP contribution in [0.4, 0.5) is 0 Å². The maximum Gasteiger partial charge on any atom is 0.253 e. The topological polar surface area (TPSA) is 55.7 Å². The predicted molar refractivity (Wildman–Crippen MR) is 114 cm³/mol. The van der Waals surface area contributed by atoms with Crippen molar-refractivity contribution >= 4 is 23.6 Å². The highest BCUT2D eigenvalue weighted by Gasteiger charge is 2.41. The van der Waals surface area contributed by atoms with Crippen LogP contribution in [-0.4, -0.2) is 67.0 Å². The first kappa shape index (κ1) is 20.9. The summed E-state index contributed by atoms with van der Waals surface area (Å²) in [7, 11) is 1.73. The molecule has 7 heteroatoms. The van der Waals surface area contributed by atoms with Gasteiger partial charge in [0.2, 0.25) is 0 Å². The van der Waals surface area contributed by atoms with Gasteiger partial charge < -0.3 is 24.3 Å². The summed E-state index contributed by atoms with van der Waals surface area (Å²) >= 11 is 6.49. The number of hydrogen-bond acceptors (Lipinski definition) is 4. The molecule has 0 spiro atoms. The first-order chi connectivity index (χ1) is 14.1. The van der Waals surface area contributed by atoms with Gasteiger partial charge in [-0.15, -0.1) is 0 Å². The Morgan fingerprint density at radius 1 is 1.48 bits per heavy atom. The molecule has 1 N–H and O–H groups in total. The molecule has 0 radical (unpaired) electrons. The zero-order valence-corrected chi connectivity index (χ0v) is 18.2. The van der Waals surface area contributed by atoms with Crippen LogP contribution in [0.3, 0.4) is 0 Å². The van der Waals surface area contributed by atoms with Crippen LogP contribution < -0.4 is 5.32 Å². The van der Waals surface area contributed by atoms with Gasteiger partial charge in [0, 0.05) is 68.8 Å². The molecule has 1 aromatic rings. The number of rotatable bonds is 8. The Bertz CT molecular complexity index is 753. The van der Waals surface area contributed by atoms with Gasteiger partial charge in [-0.3, -0.25) is 4.79 Å². The lowest BCUT2D eigenvalue weighted by Crippen LogP contribution is -2.54. The first-order valence-electron chi connectivity index (χ1n) is 10.8. The molecule has 160 valence electrons. The van der Waals surface area contributed by atoms with Crippen LogP contribution in [0, 0.1) is 5.92 Å². The average Bonchev–Trinajstić information content (AvgIpc) is 3.53. The second-order valence-electron chi connectivity index (χ2n) is 8.39. The first-order valence-corrected chi connectivity index (χ1v) is 11.2. The number of amides is 1. The van der Waals surface area contributed by atoms with Crippen molar-refractivity contribution in [2.75, 3.05) is 33.4 Å². The summed E-state index contributed by atoms with van der Waals surface area (Å²) in [4.78, 5) is 15.4. The highest BCUT2D eigenvalue weighted by molar-refractivity contribution is 6.32. The quantitative estimate of drug-likeness (QED) is 0.656. The average molecular weight is 422 g/mol. The number of methoxy groups -OCH3 is 1. The van der Waals surface area contributed by atoms with E-state index in [9.17, 15) is 4.79 Å². The molecule has 29 heavy (non-hydrogen) atoms. The molecular weight excluding hydrogens is 390 g/mol. The molecule has 4 rings (SSSR count). The van der Waals surface area contributed by atoms with Crippen molar-refractivity contribution in [3.8, 4) is 0 Å². The third-order valence-corrected chi connectivity index (χ3v) is 6.63. The minimum atomic E-state index is -0.359. The maximum atomic E-state index is 13.3. The van der Waals surface area contributed by atoms with Gasteiger partial charge in [-0.05, 0) is 32.6 Å². The third-order valence-electron chi connectivity index (χ3n) is 6.33. The summed E-state index contributed by atoms with van der Waals surface area (Å²) in [5.74, 6) is 0.413. The van der Waals surface area contributed by atoms with Crippen LogP contribution in [-0.2, 0) is 27.2 Å². The number of ether oxygens (including phenoxy) is 2. The number of carbonyl (C=O) groups excluding carboxylic acids is 1. The lowest BCUT2D eigenvalue weighted by Gasteiger charge is -2.38. The molecule has 2 aliphatic carbocycles. The molecule has 1 aromatic heterocycles. The Labute approximate surface area is 178 Å². The molecule has 0 bridgehead atoms. The van der Waals surface area contributed by atoms with Crippen LogP contribution in [0.5, 0.6) is 0 Å². The van der Waals surface area contributed by atoms with Gasteiger partial charge in [0.15, 0.2) is 0 Å². The minimum Gasteiger partial charge on any atom is -0.385 e. The van der Waals surface area contributed by atoms with Crippen LogP contribution >= 0.6 is 11.6 Å². The summed E-state index contributed by atoms with van der Waals surface area (Å²) in [6.07, 6.45) is 10.1. The smallest absolute Gasteiger partial charge is 0.253 e. The van der Waals surface area contributed by atoms with Gasteiger partial charge >= 0.3 is 0 Å². The summed E-state index contributed by atoms with van der Waals surface area (Å²) in [5.41, 5.74) is 2.39. The summed E-state index contributed by atoms with van der Waals surface area (Å²) in [6.45, 7) is 5.84. The highest BCUT2D eigenvalue weighted by atomic mass is 35.5. The van der Waals surface area contributed by atoms with E-state index < -0.39 is 0 Å². The standard InChI is InChI=1S/C22H32ClN3O3/c1-15(26(17-5-6-17)22(27)21-13-24-8-11-29-21)16-4-7-18-19(23)14-25(20(18)12-16)9-3-10-28-2/h4,7,14-17,21,24H,3,5-6,8-13H2,1-2H3/t15-,16?,21+/m0/s1. The van der Waals surface area contributed by atoms with E-state index in [2.05, 4.69) is 33.9 Å². The van der Waals surface area contributed by atoms with Gasteiger partial charge in [-0.1, -0.05) is 23.8 Å². The van der Waals surface area contributed by atoms with Gasteiger partial charge in [0.05, 0.1) is 11.6 Å². The number of nitrogens with zero attached hydrogens (tertiary/aromatic N) is 2. The van der Waals surface area contributed by atoms with E-state index in [1.54, 1.807) is 7.11 Å². The number of morpholine rings is 1. The SMILES string of the molecule is COCCCn1cc(Cl)c2c1CC([C@H](C)N(C(=O)[C@H]1CNCCO1)C1CC1)C=C2. The number of halogens is 1. The van der Waals surface area contributed by atoms with Crippen molar-refractivity contribution in [1.29, 1.82) is 0 Å². The van der Waals surface area contributed by atoms with Gasteiger partial charge in [-0.25, -0.2) is 0 Å². The van der Waals surface area contributed by atoms with Gasteiger partial charge in [-0.2, -0.15) is 0 Å². The van der Waals surface area contributed by atoms with Crippen LogP contribution in [0.2, 0.25) is 5.02 Å². The van der Waals surface area contributed by atoms with Crippen molar-refractivity contribution < 1.29 is 14.3 Å². The zero-order valence-electron chi connectivity index (χ0n) is 17.4. The maximum absolute atomic E-state index is 13.3. The fourth-order valence-corrected chi connectivity index (χ4v) is 4.85. The summed E-state index contributed by atoms with van der Waals surface area (Å²) < 4.78 is 13.2. The fraction of sp³-hybridized carbons (Fsp3) is 0.682. The Morgan fingerprint density at radius 3 is 3.00 bits per heavy atom. The number of aryl methyl sites for hydroxylation is 1. The molecule has 2 fully saturated rings. The molecule has 2 heterocycles. The lowest BCUT2D eigenvalue weighted by molar-refractivity contribution is -0.148. The molecule has 3 aliphatic rings. The second-order valence-corrected chi connectivity index (χ2v) is 8.79. The van der Waals surface area contributed by atoms with Crippen molar-refractivity contribution in [3.63, 3.8) is 0 Å². The molecule has 3 atom stereocenters. The van der Waals surface area contributed by atoms with E-state index in [-0.39, 0.29) is 24.0 Å². The summed E-state index contributed by atoms with van der Waals surface area (Å²) in [5, 5.41) is 4.08. The monoisotopic (exact) mass is 421 g/mol. The number of hydrogen-bond donors (Lipinski definition) is 1. The number of nitrogens with one attached hydrogen (secondary N) is 1. The third kappa shape index (κ3) is 4.55. The van der Waals surface area contributed by atoms with Crippen molar-refractivity contribution in [1.82, 2.24) is 14.8 Å². The van der Waals surface area contributed by atoms with Crippen molar-refractivity contribution in [2.24, 2.45) is 5.92 Å².